The van der Waals surface area contributed by atoms with Crippen LogP contribution < -0.4 is 5.32 Å². The molecule has 0 aromatic rings. The van der Waals surface area contributed by atoms with E-state index >= 15 is 0 Å². The van der Waals surface area contributed by atoms with Crippen molar-refractivity contribution in [3.63, 3.8) is 0 Å². The topological polar surface area (TPSA) is 52.6 Å². The predicted octanol–water partition coefficient (Wildman–Crippen LogP) is 1.51. The molecular weight excluding hydrogens is 298 g/mol. The average Bonchev–Trinajstić information content (AvgIpc) is 2.52. The summed E-state index contributed by atoms with van der Waals surface area (Å²) in [7, 11) is -3.10. The van der Waals surface area contributed by atoms with E-state index in [1.165, 1.54) is 38.4 Å². The summed E-state index contributed by atoms with van der Waals surface area (Å²) in [6.45, 7) is 7.30. The van der Waals surface area contributed by atoms with Gasteiger partial charge in [0.15, 0.2) is 0 Å². The number of nitrogens with one attached hydrogen (secondary N) is 1. The largest absolute Gasteiger partial charge is 0.314 e. The Morgan fingerprint density at radius 2 is 1.82 bits per heavy atom. The maximum absolute atomic E-state index is 12.0. The Balaban J connectivity index is 2.02. The second-order valence-electron chi connectivity index (χ2n) is 6.89. The van der Waals surface area contributed by atoms with Gasteiger partial charge in [-0.2, -0.15) is 0 Å². The lowest BCUT2D eigenvalue weighted by molar-refractivity contribution is 0.122. The van der Waals surface area contributed by atoms with E-state index in [1.807, 2.05) is 6.92 Å². The van der Waals surface area contributed by atoms with Gasteiger partial charge >= 0.3 is 0 Å². The van der Waals surface area contributed by atoms with Gasteiger partial charge in [0.05, 0.1) is 6.26 Å². The Labute approximate surface area is 136 Å². The fourth-order valence-corrected chi connectivity index (χ4v) is 4.84. The number of likely N-dealkylation sites (N-methyl/N-ethyl adjacent to an activating group) is 1. The van der Waals surface area contributed by atoms with E-state index < -0.39 is 10.0 Å². The smallest absolute Gasteiger partial charge is 0.211 e. The molecule has 0 bridgehead atoms. The highest BCUT2D eigenvalue weighted by Crippen LogP contribution is 2.29. The molecule has 2 rings (SSSR count). The molecule has 1 aliphatic heterocycles. The zero-order valence-electron chi connectivity index (χ0n) is 14.3. The summed E-state index contributed by atoms with van der Waals surface area (Å²) < 4.78 is 25.6. The monoisotopic (exact) mass is 331 g/mol. The second kappa shape index (κ2) is 8.62. The number of sulfonamides is 1. The van der Waals surface area contributed by atoms with Crippen LogP contribution in [0.4, 0.5) is 0 Å². The predicted molar refractivity (Wildman–Crippen MR) is 91.5 cm³/mol. The Morgan fingerprint density at radius 1 is 1.18 bits per heavy atom. The third-order valence-electron chi connectivity index (χ3n) is 5.23. The summed E-state index contributed by atoms with van der Waals surface area (Å²) in [6.07, 6.45) is 9.23. The third-order valence-corrected chi connectivity index (χ3v) is 6.58. The average molecular weight is 332 g/mol. The normalized spacial score (nSPS) is 23.8. The fourth-order valence-electron chi connectivity index (χ4n) is 3.93. The van der Waals surface area contributed by atoms with E-state index in [4.69, 9.17) is 0 Å². The van der Waals surface area contributed by atoms with Crippen LogP contribution in [0.1, 0.15) is 45.4 Å². The Kier molecular flexibility index (Phi) is 7.12. The van der Waals surface area contributed by atoms with E-state index in [-0.39, 0.29) is 0 Å². The van der Waals surface area contributed by atoms with Crippen molar-refractivity contribution in [2.24, 2.45) is 5.92 Å². The molecule has 1 aliphatic carbocycles. The van der Waals surface area contributed by atoms with Gasteiger partial charge in [-0.25, -0.2) is 12.7 Å². The number of rotatable bonds is 7. The van der Waals surface area contributed by atoms with Crippen molar-refractivity contribution in [2.45, 2.75) is 51.5 Å². The first-order valence-electron chi connectivity index (χ1n) is 8.90. The van der Waals surface area contributed by atoms with Crippen LogP contribution >= 0.6 is 0 Å². The molecule has 22 heavy (non-hydrogen) atoms. The molecule has 0 spiro atoms. The van der Waals surface area contributed by atoms with Crippen LogP contribution in [-0.4, -0.2) is 69.2 Å². The minimum Gasteiger partial charge on any atom is -0.314 e. The van der Waals surface area contributed by atoms with E-state index in [0.29, 0.717) is 19.1 Å². The van der Waals surface area contributed by atoms with Gasteiger partial charge in [0.2, 0.25) is 10.0 Å². The van der Waals surface area contributed by atoms with E-state index in [1.54, 1.807) is 4.31 Å². The standard InChI is InChI=1S/C16H33N3O2S/c1-3-19(22(2,20)21)14-16(18-11-9-17-10-12-18)13-15-7-5-4-6-8-15/h15-17H,3-14H2,1-2H3. The van der Waals surface area contributed by atoms with Crippen molar-refractivity contribution >= 4 is 10.0 Å². The van der Waals surface area contributed by atoms with Gasteiger partial charge in [0.1, 0.15) is 0 Å². The van der Waals surface area contributed by atoms with Crippen molar-refractivity contribution in [1.29, 1.82) is 0 Å². The van der Waals surface area contributed by atoms with Gasteiger partial charge in [0, 0.05) is 45.3 Å². The Bertz CT molecular complexity index is 415. The van der Waals surface area contributed by atoms with Crippen LogP contribution in [0.3, 0.4) is 0 Å². The minimum absolute atomic E-state index is 0.375. The van der Waals surface area contributed by atoms with Crippen molar-refractivity contribution < 1.29 is 8.42 Å². The van der Waals surface area contributed by atoms with Crippen molar-refractivity contribution in [3.05, 3.63) is 0 Å². The maximum Gasteiger partial charge on any atom is 0.211 e. The summed E-state index contributed by atoms with van der Waals surface area (Å²) in [5, 5.41) is 3.40. The highest BCUT2D eigenvalue weighted by Gasteiger charge is 2.28. The third kappa shape index (κ3) is 5.48. The molecule has 1 saturated carbocycles. The molecule has 1 atom stereocenters. The molecule has 1 unspecified atom stereocenters. The first-order valence-corrected chi connectivity index (χ1v) is 10.8. The lowest BCUT2D eigenvalue weighted by Gasteiger charge is -2.39. The van der Waals surface area contributed by atoms with Crippen LogP contribution in [0, 0.1) is 5.92 Å². The number of hydrogen-bond acceptors (Lipinski definition) is 4. The second-order valence-corrected chi connectivity index (χ2v) is 8.88. The zero-order chi connectivity index (χ0) is 16.0. The first-order chi connectivity index (χ1) is 10.5. The van der Waals surface area contributed by atoms with Gasteiger partial charge in [-0.3, -0.25) is 4.90 Å². The van der Waals surface area contributed by atoms with Crippen molar-refractivity contribution in [1.82, 2.24) is 14.5 Å². The minimum atomic E-state index is -3.10. The lowest BCUT2D eigenvalue weighted by Crippen LogP contribution is -2.53. The quantitative estimate of drug-likeness (QED) is 0.768. The molecule has 1 N–H and O–H groups in total. The molecule has 0 aromatic heterocycles. The van der Waals surface area contributed by atoms with Crippen LogP contribution in [-0.2, 0) is 10.0 Å². The van der Waals surface area contributed by atoms with Crippen molar-refractivity contribution in [2.75, 3.05) is 45.5 Å². The van der Waals surface area contributed by atoms with Gasteiger partial charge in [-0.1, -0.05) is 39.0 Å². The molecule has 6 heteroatoms. The summed E-state index contributed by atoms with van der Waals surface area (Å²) in [4.78, 5) is 2.51. The molecule has 0 radical (unpaired) electrons. The molecule has 130 valence electrons. The number of nitrogens with zero attached hydrogens (tertiary/aromatic N) is 2. The molecule has 0 amide bonds. The maximum atomic E-state index is 12.0. The van der Waals surface area contributed by atoms with Gasteiger partial charge in [0.25, 0.3) is 0 Å². The fraction of sp³-hybridized carbons (Fsp3) is 1.00. The summed E-state index contributed by atoms with van der Waals surface area (Å²) >= 11 is 0. The lowest BCUT2D eigenvalue weighted by atomic mass is 9.84. The molecule has 0 aromatic carbocycles. The highest BCUT2D eigenvalue weighted by molar-refractivity contribution is 7.88. The van der Waals surface area contributed by atoms with Crippen LogP contribution in [0.25, 0.3) is 0 Å². The summed E-state index contributed by atoms with van der Waals surface area (Å²) in [6, 6.07) is 0.375. The number of hydrogen-bond donors (Lipinski definition) is 1. The van der Waals surface area contributed by atoms with E-state index in [9.17, 15) is 8.42 Å². The van der Waals surface area contributed by atoms with E-state index in [0.717, 1.165) is 38.5 Å². The molecule has 1 saturated heterocycles. The van der Waals surface area contributed by atoms with Gasteiger partial charge in [-0.05, 0) is 12.3 Å². The Hall–Kier alpha value is -0.170. The highest BCUT2D eigenvalue weighted by atomic mass is 32.2. The van der Waals surface area contributed by atoms with Crippen LogP contribution in [0.2, 0.25) is 0 Å². The molecule has 2 aliphatic rings. The SMILES string of the molecule is CCN(CC(CC1CCCCC1)N1CCNCC1)S(C)(=O)=O. The van der Waals surface area contributed by atoms with Gasteiger partial charge in [-0.15, -0.1) is 0 Å². The summed E-state index contributed by atoms with van der Waals surface area (Å²) in [5.41, 5.74) is 0. The van der Waals surface area contributed by atoms with Crippen LogP contribution in [0.15, 0.2) is 0 Å². The van der Waals surface area contributed by atoms with Crippen molar-refractivity contribution in [3.8, 4) is 0 Å². The molecule has 1 heterocycles. The van der Waals surface area contributed by atoms with Gasteiger partial charge < -0.3 is 5.32 Å². The first kappa shape index (κ1) is 18.2. The zero-order valence-corrected chi connectivity index (χ0v) is 15.1. The summed E-state index contributed by atoms with van der Waals surface area (Å²) in [5.74, 6) is 0.784. The van der Waals surface area contributed by atoms with E-state index in [2.05, 4.69) is 10.2 Å². The van der Waals surface area contributed by atoms with Crippen LogP contribution in [0.5, 0.6) is 0 Å². The molecule has 2 fully saturated rings. The molecular formula is C16H33N3O2S. The molecule has 5 nitrogen and oxygen atoms in total. The Morgan fingerprint density at radius 3 is 2.36 bits per heavy atom. The number of piperazine rings is 1.